The largest absolute Gasteiger partial charge is 0.435 e. The molecule has 2 aromatic rings. The number of benzene rings is 2. The lowest BCUT2D eigenvalue weighted by Crippen LogP contribution is -2.25. The van der Waals surface area contributed by atoms with Crippen molar-refractivity contribution in [3.8, 4) is 5.75 Å². The zero-order valence-corrected chi connectivity index (χ0v) is 12.3. The number of nitrogens with one attached hydrogen (secondary N) is 1. The Morgan fingerprint density at radius 2 is 1.73 bits per heavy atom. The van der Waals surface area contributed by atoms with Gasteiger partial charge in [-0.25, -0.2) is 0 Å². The molecule has 3 nitrogen and oxygen atoms in total. The average Bonchev–Trinajstić information content (AvgIpc) is 2.49. The second-order valence-corrected chi connectivity index (χ2v) is 4.97. The summed E-state index contributed by atoms with van der Waals surface area (Å²) < 4.78 is 28.3. The lowest BCUT2D eigenvalue weighted by molar-refractivity contribution is -0.0498. The first-order valence-corrected chi connectivity index (χ1v) is 7.00. The molecule has 0 spiro atoms. The number of hydrogen-bond acceptors (Lipinski definition) is 2. The number of rotatable bonds is 6. The van der Waals surface area contributed by atoms with Crippen LogP contribution in [-0.2, 0) is 6.42 Å². The highest BCUT2D eigenvalue weighted by molar-refractivity contribution is 6.30. The van der Waals surface area contributed by atoms with Crippen molar-refractivity contribution in [2.75, 3.05) is 6.54 Å². The van der Waals surface area contributed by atoms with E-state index in [4.69, 9.17) is 11.6 Å². The third-order valence-corrected chi connectivity index (χ3v) is 3.21. The first kappa shape index (κ1) is 16.2. The maximum Gasteiger partial charge on any atom is 0.387 e. The summed E-state index contributed by atoms with van der Waals surface area (Å²) >= 11 is 5.79. The first-order valence-electron chi connectivity index (χ1n) is 6.62. The Balaban J connectivity index is 1.83. The quantitative estimate of drug-likeness (QED) is 0.874. The van der Waals surface area contributed by atoms with Gasteiger partial charge in [-0.3, -0.25) is 4.79 Å². The van der Waals surface area contributed by atoms with E-state index in [0.29, 0.717) is 23.6 Å². The maximum absolute atomic E-state index is 12.0. The van der Waals surface area contributed by atoms with Crippen molar-refractivity contribution in [2.24, 2.45) is 0 Å². The third-order valence-electron chi connectivity index (χ3n) is 2.95. The summed E-state index contributed by atoms with van der Waals surface area (Å²) in [6, 6.07) is 12.9. The number of alkyl halides is 2. The number of carbonyl (C=O) groups is 1. The minimum absolute atomic E-state index is 0.0210. The van der Waals surface area contributed by atoms with Gasteiger partial charge in [0.2, 0.25) is 0 Å². The van der Waals surface area contributed by atoms with Gasteiger partial charge in [0.05, 0.1) is 0 Å². The predicted molar refractivity (Wildman–Crippen MR) is 80.6 cm³/mol. The van der Waals surface area contributed by atoms with Gasteiger partial charge in [0.25, 0.3) is 5.91 Å². The van der Waals surface area contributed by atoms with Crippen molar-refractivity contribution >= 4 is 17.5 Å². The fourth-order valence-electron chi connectivity index (χ4n) is 1.86. The van der Waals surface area contributed by atoms with Gasteiger partial charge in [-0.15, -0.1) is 0 Å². The summed E-state index contributed by atoms with van der Waals surface area (Å²) in [6.07, 6.45) is 0.676. The molecule has 1 amide bonds. The van der Waals surface area contributed by atoms with Crippen molar-refractivity contribution in [3.05, 3.63) is 64.7 Å². The van der Waals surface area contributed by atoms with Gasteiger partial charge >= 0.3 is 6.61 Å². The Bertz CT molecular complexity index is 615. The molecule has 0 fully saturated rings. The van der Waals surface area contributed by atoms with Crippen LogP contribution in [0.2, 0.25) is 5.02 Å². The molecule has 0 bridgehead atoms. The van der Waals surface area contributed by atoms with E-state index in [1.807, 2.05) is 12.1 Å². The van der Waals surface area contributed by atoms with E-state index in [2.05, 4.69) is 10.1 Å². The summed E-state index contributed by atoms with van der Waals surface area (Å²) in [5, 5.41) is 3.43. The Kier molecular flexibility index (Phi) is 5.72. The highest BCUT2D eigenvalue weighted by Crippen LogP contribution is 2.15. The molecule has 1 N–H and O–H groups in total. The smallest absolute Gasteiger partial charge is 0.387 e. The molecule has 0 aromatic heterocycles. The fourth-order valence-corrected chi connectivity index (χ4v) is 1.99. The number of hydrogen-bond donors (Lipinski definition) is 1. The van der Waals surface area contributed by atoms with Crippen molar-refractivity contribution in [1.29, 1.82) is 0 Å². The molecule has 0 saturated heterocycles. The molecule has 22 heavy (non-hydrogen) atoms. The Morgan fingerprint density at radius 3 is 2.32 bits per heavy atom. The van der Waals surface area contributed by atoms with Crippen molar-refractivity contribution in [3.63, 3.8) is 0 Å². The Labute approximate surface area is 131 Å². The summed E-state index contributed by atoms with van der Waals surface area (Å²) in [7, 11) is 0. The van der Waals surface area contributed by atoms with E-state index < -0.39 is 6.61 Å². The molecule has 0 aliphatic heterocycles. The minimum Gasteiger partial charge on any atom is -0.435 e. The van der Waals surface area contributed by atoms with Crippen molar-refractivity contribution in [1.82, 2.24) is 5.32 Å². The minimum atomic E-state index is -2.88. The van der Waals surface area contributed by atoms with Crippen LogP contribution >= 0.6 is 11.6 Å². The standard InChI is InChI=1S/C16H14ClF2NO2/c17-13-5-1-11(2-6-13)9-10-20-15(21)12-3-7-14(8-4-12)22-16(18)19/h1-8,16H,9-10H2,(H,20,21). The van der Waals surface area contributed by atoms with Crippen LogP contribution in [0.4, 0.5) is 8.78 Å². The number of ether oxygens (including phenoxy) is 1. The Morgan fingerprint density at radius 1 is 1.09 bits per heavy atom. The van der Waals surface area contributed by atoms with Crippen LogP contribution < -0.4 is 10.1 Å². The van der Waals surface area contributed by atoms with Gasteiger partial charge in [-0.1, -0.05) is 23.7 Å². The number of amides is 1. The van der Waals surface area contributed by atoms with Crippen LogP contribution in [0.3, 0.4) is 0 Å². The molecule has 0 aliphatic rings. The lowest BCUT2D eigenvalue weighted by atomic mass is 10.1. The Hall–Kier alpha value is -2.14. The molecular weight excluding hydrogens is 312 g/mol. The second kappa shape index (κ2) is 7.75. The molecule has 0 heterocycles. The molecule has 2 rings (SSSR count). The molecule has 0 radical (unpaired) electrons. The lowest BCUT2D eigenvalue weighted by Gasteiger charge is -2.07. The van der Waals surface area contributed by atoms with Gasteiger partial charge in [0.1, 0.15) is 5.75 Å². The van der Waals surface area contributed by atoms with E-state index >= 15 is 0 Å². The van der Waals surface area contributed by atoms with Crippen molar-refractivity contribution in [2.45, 2.75) is 13.0 Å². The molecule has 0 aliphatic carbocycles. The van der Waals surface area contributed by atoms with Crippen LogP contribution in [-0.4, -0.2) is 19.1 Å². The molecular formula is C16H14ClF2NO2. The monoisotopic (exact) mass is 325 g/mol. The van der Waals surface area contributed by atoms with E-state index in [0.717, 1.165) is 5.56 Å². The van der Waals surface area contributed by atoms with E-state index in [1.165, 1.54) is 24.3 Å². The van der Waals surface area contributed by atoms with E-state index in [9.17, 15) is 13.6 Å². The molecule has 2 aromatic carbocycles. The summed E-state index contributed by atoms with van der Waals surface area (Å²) in [5.74, 6) is -0.245. The molecule has 116 valence electrons. The van der Waals surface area contributed by atoms with Gasteiger partial charge in [-0.2, -0.15) is 8.78 Å². The number of carbonyl (C=O) groups excluding carboxylic acids is 1. The predicted octanol–water partition coefficient (Wildman–Crippen LogP) is 3.91. The zero-order chi connectivity index (χ0) is 15.9. The SMILES string of the molecule is O=C(NCCc1ccc(Cl)cc1)c1ccc(OC(F)F)cc1. The fraction of sp³-hybridized carbons (Fsp3) is 0.188. The van der Waals surface area contributed by atoms with Gasteiger partial charge in [-0.05, 0) is 48.4 Å². The highest BCUT2D eigenvalue weighted by Gasteiger charge is 2.07. The second-order valence-electron chi connectivity index (χ2n) is 4.54. The highest BCUT2D eigenvalue weighted by atomic mass is 35.5. The van der Waals surface area contributed by atoms with Crippen LogP contribution in [0, 0.1) is 0 Å². The van der Waals surface area contributed by atoms with Crippen LogP contribution in [0.1, 0.15) is 15.9 Å². The molecule has 0 unspecified atom stereocenters. The third kappa shape index (κ3) is 5.00. The normalized spacial score (nSPS) is 10.5. The zero-order valence-electron chi connectivity index (χ0n) is 11.6. The summed E-state index contributed by atoms with van der Waals surface area (Å²) in [5.41, 5.74) is 1.45. The molecule has 6 heteroatoms. The van der Waals surface area contributed by atoms with E-state index in [1.54, 1.807) is 12.1 Å². The van der Waals surface area contributed by atoms with Gasteiger partial charge in [0, 0.05) is 17.1 Å². The van der Waals surface area contributed by atoms with Crippen molar-refractivity contribution < 1.29 is 18.3 Å². The van der Waals surface area contributed by atoms with E-state index in [-0.39, 0.29) is 11.7 Å². The van der Waals surface area contributed by atoms with Gasteiger partial charge < -0.3 is 10.1 Å². The number of halogens is 3. The van der Waals surface area contributed by atoms with Crippen LogP contribution in [0.15, 0.2) is 48.5 Å². The molecule has 0 atom stereocenters. The first-order chi connectivity index (χ1) is 10.5. The average molecular weight is 326 g/mol. The summed E-state index contributed by atoms with van der Waals surface area (Å²) in [6.45, 7) is -2.41. The van der Waals surface area contributed by atoms with Crippen LogP contribution in [0.25, 0.3) is 0 Å². The van der Waals surface area contributed by atoms with Crippen LogP contribution in [0.5, 0.6) is 5.75 Å². The molecule has 0 saturated carbocycles. The van der Waals surface area contributed by atoms with Gasteiger partial charge in [0.15, 0.2) is 0 Å². The topological polar surface area (TPSA) is 38.3 Å². The summed E-state index contributed by atoms with van der Waals surface area (Å²) in [4.78, 5) is 11.9. The maximum atomic E-state index is 12.0.